The van der Waals surface area contributed by atoms with Crippen LogP contribution in [0.3, 0.4) is 0 Å². The maximum atomic E-state index is 13.1. The number of likely N-dealkylation sites (N-methyl/N-ethyl adjacent to an activating group) is 1. The molecule has 0 saturated heterocycles. The predicted octanol–water partition coefficient (Wildman–Crippen LogP) is 25.9. The molecule has 3 unspecified atom stereocenters. The molecule has 0 saturated carbocycles. The number of rotatable bonds is 77. The van der Waals surface area contributed by atoms with Crippen LogP contribution in [0.5, 0.6) is 0 Å². The van der Waals surface area contributed by atoms with Gasteiger partial charge in [-0.05, 0) is 32.1 Å². The van der Waals surface area contributed by atoms with Crippen molar-refractivity contribution in [3.63, 3.8) is 0 Å². The number of phosphoric acid groups is 1. The van der Waals surface area contributed by atoms with E-state index in [1.807, 2.05) is 27.2 Å². The number of aliphatic hydroxyl groups is 1. The number of quaternary nitrogens is 1. The fraction of sp³-hybridized carbons (Fsp3) is 0.938. The molecule has 8 nitrogen and oxygen atoms in total. The third kappa shape index (κ3) is 74.4. The third-order valence-corrected chi connectivity index (χ3v) is 20.1. The number of nitrogens with one attached hydrogen (secondary N) is 1. The molecule has 1 amide bonds. The number of phosphoric ester groups is 1. The number of aliphatic hydroxyl groups excluding tert-OH is 1. The van der Waals surface area contributed by atoms with Gasteiger partial charge < -0.3 is 28.8 Å². The minimum Gasteiger partial charge on any atom is -0.756 e. The second-order valence-corrected chi connectivity index (χ2v) is 30.9. The van der Waals surface area contributed by atoms with Crippen LogP contribution in [-0.2, 0) is 18.4 Å². The Hall–Kier alpha value is -1.02. The van der Waals surface area contributed by atoms with E-state index in [-0.39, 0.29) is 19.1 Å². The molecule has 0 aliphatic carbocycles. The number of carbonyl (C=O) groups excluding carboxylic acids is 1. The van der Waals surface area contributed by atoms with Crippen molar-refractivity contribution in [2.75, 3.05) is 40.9 Å². The van der Waals surface area contributed by atoms with Crippen LogP contribution in [0.2, 0.25) is 0 Å². The highest BCUT2D eigenvalue weighted by atomic mass is 31.2. The first-order valence-corrected chi connectivity index (χ1v) is 42.2. The second-order valence-electron chi connectivity index (χ2n) is 29.5. The summed E-state index contributed by atoms with van der Waals surface area (Å²) in [6, 6.07) is -0.903. The van der Waals surface area contributed by atoms with Crippen molar-refractivity contribution < 1.29 is 32.9 Å². The van der Waals surface area contributed by atoms with Crippen LogP contribution in [-0.4, -0.2) is 68.5 Å². The first kappa shape index (κ1) is 89.0. The average molecular weight is 1290 g/mol. The number of unbranched alkanes of at least 4 members (excludes halogenated alkanes) is 62. The molecule has 536 valence electrons. The van der Waals surface area contributed by atoms with E-state index < -0.39 is 20.0 Å². The highest BCUT2D eigenvalue weighted by Gasteiger charge is 2.23. The third-order valence-electron chi connectivity index (χ3n) is 19.2. The summed E-state index contributed by atoms with van der Waals surface area (Å²) in [5.74, 6) is -0.196. The molecule has 0 aromatic rings. The Morgan fingerprint density at radius 3 is 0.900 bits per heavy atom. The number of carbonyl (C=O) groups is 1. The van der Waals surface area contributed by atoms with Crippen LogP contribution in [0.25, 0.3) is 0 Å². The number of hydrogen-bond acceptors (Lipinski definition) is 6. The van der Waals surface area contributed by atoms with Crippen molar-refractivity contribution in [3.05, 3.63) is 24.3 Å². The maximum Gasteiger partial charge on any atom is 0.268 e. The van der Waals surface area contributed by atoms with E-state index in [0.29, 0.717) is 17.4 Å². The van der Waals surface area contributed by atoms with E-state index in [1.54, 1.807) is 6.08 Å². The van der Waals surface area contributed by atoms with Gasteiger partial charge in [-0.3, -0.25) is 9.36 Å². The molecule has 2 N–H and O–H groups in total. The van der Waals surface area contributed by atoms with Gasteiger partial charge in [0.1, 0.15) is 13.2 Å². The Morgan fingerprint density at radius 1 is 0.378 bits per heavy atom. The lowest BCUT2D eigenvalue weighted by molar-refractivity contribution is -0.870. The minimum atomic E-state index is -4.61. The minimum absolute atomic E-state index is 0.00323. The van der Waals surface area contributed by atoms with E-state index >= 15 is 0 Å². The molecule has 0 radical (unpaired) electrons. The van der Waals surface area contributed by atoms with Gasteiger partial charge in [0.15, 0.2) is 0 Å². The van der Waals surface area contributed by atoms with Gasteiger partial charge in [-0.15, -0.1) is 0 Å². The van der Waals surface area contributed by atoms with Crippen molar-refractivity contribution in [1.29, 1.82) is 0 Å². The molecule has 0 aromatic heterocycles. The maximum absolute atomic E-state index is 13.1. The Kier molecular flexibility index (Phi) is 71.4. The second kappa shape index (κ2) is 72.3. The van der Waals surface area contributed by atoms with E-state index in [0.717, 1.165) is 38.5 Å². The van der Waals surface area contributed by atoms with Crippen molar-refractivity contribution >= 4 is 13.7 Å². The quantitative estimate of drug-likeness (QED) is 0.0272. The van der Waals surface area contributed by atoms with Gasteiger partial charge in [0, 0.05) is 6.42 Å². The fourth-order valence-electron chi connectivity index (χ4n) is 12.9. The zero-order valence-electron chi connectivity index (χ0n) is 61.6. The Labute approximate surface area is 564 Å². The van der Waals surface area contributed by atoms with Gasteiger partial charge in [0.05, 0.1) is 39.9 Å². The summed E-state index contributed by atoms with van der Waals surface area (Å²) in [4.78, 5) is 25.7. The first-order valence-electron chi connectivity index (χ1n) is 40.7. The van der Waals surface area contributed by atoms with Gasteiger partial charge in [-0.1, -0.05) is 423 Å². The molecule has 0 spiro atoms. The number of allylic oxidation sites excluding steroid dienone is 3. The molecule has 0 aliphatic heterocycles. The standard InChI is InChI=1S/C81H161N2O6P/c1-6-8-10-12-14-16-18-20-22-24-26-28-30-32-34-36-38-40-41-42-43-45-47-49-51-53-55-57-59-61-63-65-67-69-71-73-75-81(85)82-79(78-89-90(86,87)88-77-76-83(3,4)5)80(84)74-72-70-68-66-64-62-60-58-56-54-52-50-48-46-44-39-37-35-33-31-29-27-25-23-21-19-17-15-13-11-9-7-2/h64,66,72,74,79-80,84H,6-63,65,67-71,73,75-78H2,1-5H3,(H-,82,85,86,87)/b66-64+,74-72+. The number of nitrogens with zero attached hydrogens (tertiary/aromatic N) is 1. The van der Waals surface area contributed by atoms with Crippen molar-refractivity contribution in [1.82, 2.24) is 5.32 Å². The van der Waals surface area contributed by atoms with E-state index in [2.05, 4.69) is 31.3 Å². The predicted molar refractivity (Wildman–Crippen MR) is 395 cm³/mol. The van der Waals surface area contributed by atoms with Crippen molar-refractivity contribution in [2.24, 2.45) is 0 Å². The summed E-state index contributed by atoms with van der Waals surface area (Å²) < 4.78 is 23.5. The van der Waals surface area contributed by atoms with Crippen molar-refractivity contribution in [2.45, 2.75) is 450 Å². The van der Waals surface area contributed by atoms with Gasteiger partial charge in [-0.2, -0.15) is 0 Å². The molecule has 90 heavy (non-hydrogen) atoms. The largest absolute Gasteiger partial charge is 0.756 e. The van der Waals surface area contributed by atoms with Gasteiger partial charge >= 0.3 is 0 Å². The smallest absolute Gasteiger partial charge is 0.268 e. The monoisotopic (exact) mass is 1290 g/mol. The van der Waals surface area contributed by atoms with Crippen LogP contribution in [0.15, 0.2) is 24.3 Å². The SMILES string of the molecule is CCCCCCCCCCCCCCCCCCCCCCCCCCCC/C=C/CC/C=C/C(O)C(COP(=O)([O-])OCC[N+](C)(C)C)NC(=O)CCCCCCCCCCCCCCCCCCCCCCCCCCCCCCCCCCCCCC. The highest BCUT2D eigenvalue weighted by Crippen LogP contribution is 2.38. The number of amides is 1. The molecule has 0 aromatic carbocycles. The van der Waals surface area contributed by atoms with E-state index in [4.69, 9.17) is 9.05 Å². The van der Waals surface area contributed by atoms with Crippen LogP contribution in [0.4, 0.5) is 0 Å². The van der Waals surface area contributed by atoms with Crippen LogP contribution in [0.1, 0.15) is 438 Å². The van der Waals surface area contributed by atoms with Crippen LogP contribution < -0.4 is 10.2 Å². The molecule has 0 aliphatic rings. The number of hydrogen-bond donors (Lipinski definition) is 2. The normalized spacial score (nSPS) is 13.5. The summed E-state index contributed by atoms with van der Waals surface area (Å²) in [5, 5.41) is 14.0. The Balaban J connectivity index is 3.95. The summed E-state index contributed by atoms with van der Waals surface area (Å²) in [6.07, 6.45) is 96.6. The Morgan fingerprint density at radius 2 is 0.622 bits per heavy atom. The fourth-order valence-corrected chi connectivity index (χ4v) is 13.6. The van der Waals surface area contributed by atoms with Crippen LogP contribution >= 0.6 is 7.82 Å². The summed E-state index contributed by atoms with van der Waals surface area (Å²) >= 11 is 0. The summed E-state index contributed by atoms with van der Waals surface area (Å²) in [7, 11) is 1.27. The Bertz CT molecular complexity index is 1520. The topological polar surface area (TPSA) is 108 Å². The first-order chi connectivity index (χ1) is 44.0. The molecule has 3 atom stereocenters. The van der Waals surface area contributed by atoms with Gasteiger partial charge in [0.25, 0.3) is 7.82 Å². The molecule has 0 rings (SSSR count). The lowest BCUT2D eigenvalue weighted by Gasteiger charge is -2.29. The van der Waals surface area contributed by atoms with Gasteiger partial charge in [0.2, 0.25) is 5.91 Å². The lowest BCUT2D eigenvalue weighted by atomic mass is 10.0. The molecular weight excluding hydrogens is 1130 g/mol. The molecule has 0 fully saturated rings. The zero-order chi connectivity index (χ0) is 65.5. The van der Waals surface area contributed by atoms with Crippen molar-refractivity contribution in [3.8, 4) is 0 Å². The molecule has 0 bridgehead atoms. The summed E-state index contributed by atoms with van der Waals surface area (Å²) in [6.45, 7) is 4.71. The molecule has 0 heterocycles. The summed E-state index contributed by atoms with van der Waals surface area (Å²) in [5.41, 5.74) is 0. The van der Waals surface area contributed by atoms with Crippen LogP contribution in [0, 0.1) is 0 Å². The average Bonchev–Trinajstić information content (AvgIpc) is 3.56. The van der Waals surface area contributed by atoms with E-state index in [9.17, 15) is 19.4 Å². The highest BCUT2D eigenvalue weighted by molar-refractivity contribution is 7.45. The lowest BCUT2D eigenvalue weighted by Crippen LogP contribution is -2.45. The van der Waals surface area contributed by atoms with E-state index in [1.165, 1.54) is 379 Å². The molecule has 9 heteroatoms. The molecular formula is C81H161N2O6P. The van der Waals surface area contributed by atoms with Gasteiger partial charge in [-0.25, -0.2) is 0 Å². The zero-order valence-corrected chi connectivity index (χ0v) is 62.5.